The summed E-state index contributed by atoms with van der Waals surface area (Å²) >= 11 is 0. The summed E-state index contributed by atoms with van der Waals surface area (Å²) in [6.45, 7) is 2.50. The lowest BCUT2D eigenvalue weighted by Gasteiger charge is -2.15. The second-order valence-electron chi connectivity index (χ2n) is 7.33. The van der Waals surface area contributed by atoms with Gasteiger partial charge in [0.2, 0.25) is 5.91 Å². The Morgan fingerprint density at radius 3 is 2.68 bits per heavy atom. The molecular weight excluding hydrogens is 350 g/mol. The monoisotopic (exact) mass is 375 g/mol. The number of nitrogens with one attached hydrogen (secondary N) is 1. The first-order valence-corrected chi connectivity index (χ1v) is 9.85. The largest absolute Gasteiger partial charge is 0.508 e. The zero-order valence-corrected chi connectivity index (χ0v) is 16.1. The van der Waals surface area contributed by atoms with Crippen LogP contribution in [-0.4, -0.2) is 21.3 Å². The Bertz CT molecular complexity index is 1030. The van der Waals surface area contributed by atoms with E-state index in [9.17, 15) is 9.90 Å². The summed E-state index contributed by atoms with van der Waals surface area (Å²) in [4.78, 5) is 12.4. The Kier molecular flexibility index (Phi) is 5.15. The van der Waals surface area contributed by atoms with Crippen molar-refractivity contribution in [1.82, 2.24) is 9.99 Å². The van der Waals surface area contributed by atoms with Crippen molar-refractivity contribution in [2.45, 2.75) is 45.6 Å². The fraction of sp³-hybridized carbons (Fsp3) is 0.304. The molecule has 1 aliphatic rings. The maximum atomic E-state index is 12.4. The molecule has 0 spiro atoms. The van der Waals surface area contributed by atoms with Crippen molar-refractivity contribution in [1.29, 1.82) is 0 Å². The third kappa shape index (κ3) is 3.65. The highest BCUT2D eigenvalue weighted by molar-refractivity contribution is 5.99. The molecule has 1 aromatic heterocycles. The van der Waals surface area contributed by atoms with Gasteiger partial charge in [-0.3, -0.25) is 4.79 Å². The molecule has 2 aromatic carbocycles. The molecular formula is C23H25N3O2. The maximum Gasteiger partial charge on any atom is 0.241 e. The first kappa shape index (κ1) is 18.3. The zero-order valence-electron chi connectivity index (χ0n) is 16.1. The van der Waals surface area contributed by atoms with Crippen LogP contribution in [0.4, 0.5) is 0 Å². The van der Waals surface area contributed by atoms with E-state index in [1.165, 1.54) is 35.0 Å². The number of hydrogen-bond acceptors (Lipinski definition) is 3. The molecule has 1 heterocycles. The molecule has 1 amide bonds. The van der Waals surface area contributed by atoms with Crippen molar-refractivity contribution in [2.24, 2.45) is 5.10 Å². The molecule has 1 aliphatic carbocycles. The molecule has 0 fully saturated rings. The number of carbonyl (C=O) groups is 1. The van der Waals surface area contributed by atoms with Crippen LogP contribution in [0.3, 0.4) is 0 Å². The van der Waals surface area contributed by atoms with Gasteiger partial charge in [0.05, 0.1) is 5.71 Å². The van der Waals surface area contributed by atoms with Crippen LogP contribution in [0, 0.1) is 0 Å². The Hall–Kier alpha value is -3.08. The molecule has 3 aromatic rings. The Morgan fingerprint density at radius 2 is 1.86 bits per heavy atom. The number of aromatic hydroxyl groups is 1. The fourth-order valence-corrected chi connectivity index (χ4v) is 4.03. The number of rotatable bonds is 5. The van der Waals surface area contributed by atoms with Gasteiger partial charge in [-0.2, -0.15) is 5.10 Å². The van der Waals surface area contributed by atoms with E-state index in [1.807, 2.05) is 6.92 Å². The average molecular weight is 375 g/mol. The summed E-state index contributed by atoms with van der Waals surface area (Å²) in [6.07, 6.45) is 5.06. The minimum absolute atomic E-state index is 0.0968. The van der Waals surface area contributed by atoms with Crippen LogP contribution in [0.5, 0.6) is 5.75 Å². The minimum atomic E-state index is -0.0968. The van der Waals surface area contributed by atoms with Crippen LogP contribution < -0.4 is 5.43 Å². The topological polar surface area (TPSA) is 66.6 Å². The van der Waals surface area contributed by atoms with Crippen LogP contribution in [0.2, 0.25) is 0 Å². The number of hydrogen-bond donors (Lipinski definition) is 2. The summed E-state index contributed by atoms with van der Waals surface area (Å²) in [5.41, 5.74) is 8.31. The van der Waals surface area contributed by atoms with Crippen molar-refractivity contribution >= 4 is 22.5 Å². The van der Waals surface area contributed by atoms with E-state index in [-0.39, 0.29) is 11.7 Å². The first-order valence-electron chi connectivity index (χ1n) is 9.85. The fourth-order valence-electron chi connectivity index (χ4n) is 4.03. The summed E-state index contributed by atoms with van der Waals surface area (Å²) < 4.78 is 2.32. The highest BCUT2D eigenvalue weighted by Crippen LogP contribution is 2.32. The second kappa shape index (κ2) is 7.89. The van der Waals surface area contributed by atoms with Crippen molar-refractivity contribution in [3.63, 3.8) is 0 Å². The highest BCUT2D eigenvalue weighted by atomic mass is 16.3. The average Bonchev–Trinajstić information content (AvgIpc) is 3.05. The number of phenols is 1. The van der Waals surface area contributed by atoms with Gasteiger partial charge in [-0.05, 0) is 74.1 Å². The number of aryl methyl sites for hydroxylation is 2. The van der Waals surface area contributed by atoms with Gasteiger partial charge in [0.25, 0.3) is 0 Å². The predicted molar refractivity (Wildman–Crippen MR) is 112 cm³/mol. The van der Waals surface area contributed by atoms with E-state index < -0.39 is 0 Å². The van der Waals surface area contributed by atoms with Gasteiger partial charge in [0.1, 0.15) is 5.75 Å². The van der Waals surface area contributed by atoms with E-state index in [1.54, 1.807) is 24.3 Å². The first-order chi connectivity index (χ1) is 13.6. The molecule has 0 saturated heterocycles. The van der Waals surface area contributed by atoms with Crippen LogP contribution in [0.1, 0.15) is 43.0 Å². The molecule has 0 radical (unpaired) electrons. The lowest BCUT2D eigenvalue weighted by Crippen LogP contribution is -2.21. The van der Waals surface area contributed by atoms with E-state index in [4.69, 9.17) is 0 Å². The predicted octanol–water partition coefficient (Wildman–Crippen LogP) is 4.16. The summed E-state index contributed by atoms with van der Waals surface area (Å²) in [6, 6.07) is 15.3. The summed E-state index contributed by atoms with van der Waals surface area (Å²) in [5.74, 6) is 0.114. The number of nitrogens with zero attached hydrogens (tertiary/aromatic N) is 2. The highest BCUT2D eigenvalue weighted by Gasteiger charge is 2.19. The van der Waals surface area contributed by atoms with Gasteiger partial charge in [0.15, 0.2) is 0 Å². The molecule has 0 atom stereocenters. The number of hydrazone groups is 1. The summed E-state index contributed by atoms with van der Waals surface area (Å²) in [5, 5.41) is 14.9. The summed E-state index contributed by atoms with van der Waals surface area (Å²) in [7, 11) is 0. The van der Waals surface area contributed by atoms with Crippen LogP contribution in [-0.2, 0) is 24.2 Å². The second-order valence-corrected chi connectivity index (χ2v) is 7.33. The standard InChI is InChI=1S/C23H25N3O2/c1-16(17-10-12-18(27)13-11-17)24-25-23(28)14-15-26-21-8-4-2-6-19(21)20-7-3-5-9-22(20)26/h2,4,6,8,10-13,27H,3,5,7,9,14-15H2,1H3,(H,25,28)/b24-16-. The molecule has 5 heteroatoms. The van der Waals surface area contributed by atoms with Crippen molar-refractivity contribution in [3.8, 4) is 5.75 Å². The molecule has 5 nitrogen and oxygen atoms in total. The Balaban J connectivity index is 1.45. The molecule has 28 heavy (non-hydrogen) atoms. The maximum absolute atomic E-state index is 12.4. The Morgan fingerprint density at radius 1 is 1.11 bits per heavy atom. The normalized spacial score (nSPS) is 14.1. The molecule has 144 valence electrons. The number of phenolic OH excluding ortho intramolecular Hbond substituents is 1. The zero-order chi connectivity index (χ0) is 19.5. The quantitative estimate of drug-likeness (QED) is 0.519. The van der Waals surface area contributed by atoms with Gasteiger partial charge in [-0.25, -0.2) is 5.43 Å². The number of fused-ring (bicyclic) bond motifs is 3. The van der Waals surface area contributed by atoms with Gasteiger partial charge < -0.3 is 9.67 Å². The third-order valence-corrected chi connectivity index (χ3v) is 5.48. The van der Waals surface area contributed by atoms with Gasteiger partial charge in [0, 0.05) is 29.6 Å². The molecule has 0 aliphatic heterocycles. The minimum Gasteiger partial charge on any atom is -0.508 e. The lowest BCUT2D eigenvalue weighted by molar-refractivity contribution is -0.121. The molecule has 4 rings (SSSR count). The van der Waals surface area contributed by atoms with Crippen LogP contribution in [0.15, 0.2) is 53.6 Å². The lowest BCUT2D eigenvalue weighted by atomic mass is 9.95. The SMILES string of the molecule is C/C(=N/NC(=O)CCn1c2c(c3ccccc31)CCCC2)c1ccc(O)cc1. The number of carbonyl (C=O) groups excluding carboxylic acids is 1. The van der Waals surface area contributed by atoms with E-state index >= 15 is 0 Å². The van der Waals surface area contributed by atoms with Crippen molar-refractivity contribution in [2.75, 3.05) is 0 Å². The number of aromatic nitrogens is 1. The van der Waals surface area contributed by atoms with Gasteiger partial charge in [-0.1, -0.05) is 18.2 Å². The van der Waals surface area contributed by atoms with Crippen molar-refractivity contribution in [3.05, 3.63) is 65.4 Å². The Labute approximate surface area is 164 Å². The van der Waals surface area contributed by atoms with E-state index in [0.717, 1.165) is 18.4 Å². The molecule has 2 N–H and O–H groups in total. The third-order valence-electron chi connectivity index (χ3n) is 5.48. The van der Waals surface area contributed by atoms with Gasteiger partial charge >= 0.3 is 0 Å². The molecule has 0 unspecified atom stereocenters. The van der Waals surface area contributed by atoms with Crippen LogP contribution >= 0.6 is 0 Å². The van der Waals surface area contributed by atoms with Crippen molar-refractivity contribution < 1.29 is 9.90 Å². The van der Waals surface area contributed by atoms with E-state index in [2.05, 4.69) is 39.4 Å². The number of benzene rings is 2. The van der Waals surface area contributed by atoms with Gasteiger partial charge in [-0.15, -0.1) is 0 Å². The van der Waals surface area contributed by atoms with E-state index in [0.29, 0.717) is 18.7 Å². The number of amides is 1. The molecule has 0 saturated carbocycles. The number of para-hydroxylation sites is 1. The smallest absolute Gasteiger partial charge is 0.241 e. The molecule has 0 bridgehead atoms. The van der Waals surface area contributed by atoms with Crippen LogP contribution in [0.25, 0.3) is 10.9 Å².